The summed E-state index contributed by atoms with van der Waals surface area (Å²) in [5.74, 6) is -0.314. The summed E-state index contributed by atoms with van der Waals surface area (Å²) in [7, 11) is 0. The zero-order chi connectivity index (χ0) is 16.1. The molecular formula is C19H18N2OS. The molecule has 23 heavy (non-hydrogen) atoms. The molecule has 3 aromatic carbocycles. The summed E-state index contributed by atoms with van der Waals surface area (Å²) in [5, 5.41) is 2.42. The Kier molecular flexibility index (Phi) is 4.95. The van der Waals surface area contributed by atoms with Crippen LogP contribution in [0.4, 0.5) is 0 Å². The van der Waals surface area contributed by atoms with Crippen molar-refractivity contribution in [1.82, 2.24) is 4.72 Å². The Morgan fingerprint density at radius 2 is 1.65 bits per heavy atom. The van der Waals surface area contributed by atoms with E-state index in [1.807, 2.05) is 42.5 Å². The van der Waals surface area contributed by atoms with E-state index in [1.54, 1.807) is 0 Å². The number of hydrogen-bond acceptors (Lipinski definition) is 3. The summed E-state index contributed by atoms with van der Waals surface area (Å²) < 4.78 is 3.36. The Balaban J connectivity index is 1.75. The van der Waals surface area contributed by atoms with Crippen molar-refractivity contribution in [3.8, 4) is 0 Å². The lowest BCUT2D eigenvalue weighted by molar-refractivity contribution is -0.118. The van der Waals surface area contributed by atoms with Gasteiger partial charge < -0.3 is 5.73 Å². The Hall–Kier alpha value is -2.30. The molecular weight excluding hydrogens is 304 g/mol. The first-order chi connectivity index (χ1) is 11.2. The summed E-state index contributed by atoms with van der Waals surface area (Å²) in [6.45, 7) is 0. The second-order valence-electron chi connectivity index (χ2n) is 5.36. The topological polar surface area (TPSA) is 55.1 Å². The molecule has 1 atom stereocenters. The lowest BCUT2D eigenvalue weighted by Gasteiger charge is -2.17. The van der Waals surface area contributed by atoms with E-state index in [-0.39, 0.29) is 18.4 Å². The van der Waals surface area contributed by atoms with Gasteiger partial charge >= 0.3 is 0 Å². The fraction of sp³-hybridized carbons (Fsp3) is 0.105. The monoisotopic (exact) mass is 322 g/mol. The zero-order valence-electron chi connectivity index (χ0n) is 12.6. The van der Waals surface area contributed by atoms with Gasteiger partial charge in [0.25, 0.3) is 0 Å². The molecule has 3 N–H and O–H groups in total. The maximum atomic E-state index is 11.3. The van der Waals surface area contributed by atoms with E-state index >= 15 is 0 Å². The van der Waals surface area contributed by atoms with Crippen molar-refractivity contribution in [2.24, 2.45) is 5.73 Å². The molecule has 0 spiro atoms. The van der Waals surface area contributed by atoms with Crippen LogP contribution < -0.4 is 10.5 Å². The molecule has 3 nitrogen and oxygen atoms in total. The number of hydrogen-bond donors (Lipinski definition) is 2. The molecule has 1 amide bonds. The van der Waals surface area contributed by atoms with Crippen molar-refractivity contribution in [3.05, 3.63) is 78.4 Å². The molecule has 3 rings (SSSR count). The number of rotatable bonds is 6. The highest BCUT2D eigenvalue weighted by molar-refractivity contribution is 7.97. The van der Waals surface area contributed by atoms with Crippen LogP contribution in [-0.2, 0) is 4.79 Å². The smallest absolute Gasteiger partial charge is 0.219 e. The van der Waals surface area contributed by atoms with E-state index in [1.165, 1.54) is 22.7 Å². The van der Waals surface area contributed by atoms with Crippen LogP contribution in [0, 0.1) is 0 Å². The highest BCUT2D eigenvalue weighted by Crippen LogP contribution is 2.26. The average Bonchev–Trinajstić information content (AvgIpc) is 2.59. The second-order valence-corrected chi connectivity index (χ2v) is 6.27. The third-order valence-corrected chi connectivity index (χ3v) is 4.54. The number of carbonyl (C=O) groups excluding carboxylic acids is 1. The number of nitrogens with two attached hydrogens (primary N) is 1. The molecule has 0 bridgehead atoms. The molecule has 0 aliphatic heterocycles. The van der Waals surface area contributed by atoms with Crippen LogP contribution in [0.25, 0.3) is 10.8 Å². The van der Waals surface area contributed by atoms with Crippen molar-refractivity contribution in [2.75, 3.05) is 0 Å². The molecule has 0 aromatic heterocycles. The van der Waals surface area contributed by atoms with Crippen molar-refractivity contribution in [1.29, 1.82) is 0 Å². The van der Waals surface area contributed by atoms with E-state index in [0.717, 1.165) is 10.5 Å². The van der Waals surface area contributed by atoms with Gasteiger partial charge in [-0.3, -0.25) is 9.52 Å². The van der Waals surface area contributed by atoms with Crippen molar-refractivity contribution in [2.45, 2.75) is 17.4 Å². The quantitative estimate of drug-likeness (QED) is 0.673. The zero-order valence-corrected chi connectivity index (χ0v) is 13.4. The standard InChI is InChI=1S/C19H18N2OS/c20-19(22)13-18(15-7-2-1-3-8-15)21-23-17-11-10-14-6-4-5-9-16(14)12-17/h1-12,18,21H,13H2,(H2,20,22)/t18-/m1/s1. The summed E-state index contributed by atoms with van der Waals surface area (Å²) >= 11 is 1.52. The van der Waals surface area contributed by atoms with Crippen LogP contribution in [0.15, 0.2) is 77.7 Å². The van der Waals surface area contributed by atoms with E-state index in [9.17, 15) is 4.79 Å². The number of carbonyl (C=O) groups is 1. The second kappa shape index (κ2) is 7.31. The Morgan fingerprint density at radius 1 is 0.957 bits per heavy atom. The van der Waals surface area contributed by atoms with Gasteiger partial charge in [-0.25, -0.2) is 0 Å². The predicted molar refractivity (Wildman–Crippen MR) is 95.9 cm³/mol. The van der Waals surface area contributed by atoms with Gasteiger partial charge in [-0.05, 0) is 40.4 Å². The minimum absolute atomic E-state index is 0.106. The largest absolute Gasteiger partial charge is 0.370 e. The molecule has 116 valence electrons. The molecule has 0 aliphatic rings. The molecule has 0 heterocycles. The number of nitrogens with one attached hydrogen (secondary N) is 1. The number of benzene rings is 3. The van der Waals surface area contributed by atoms with Crippen molar-refractivity contribution < 1.29 is 4.79 Å². The Labute approximate surface area is 140 Å². The third kappa shape index (κ3) is 4.12. The molecule has 0 aliphatic carbocycles. The summed E-state index contributed by atoms with van der Waals surface area (Å²) in [6, 6.07) is 24.4. The third-order valence-electron chi connectivity index (χ3n) is 3.65. The van der Waals surface area contributed by atoms with Crippen LogP contribution in [-0.4, -0.2) is 5.91 Å². The van der Waals surface area contributed by atoms with Crippen LogP contribution in [0.1, 0.15) is 18.0 Å². The minimum Gasteiger partial charge on any atom is -0.370 e. The maximum Gasteiger partial charge on any atom is 0.219 e. The van der Waals surface area contributed by atoms with E-state index in [0.29, 0.717) is 0 Å². The average molecular weight is 322 g/mol. The van der Waals surface area contributed by atoms with Gasteiger partial charge in [0.2, 0.25) is 5.91 Å². The summed E-state index contributed by atoms with van der Waals surface area (Å²) in [5.41, 5.74) is 6.44. The fourth-order valence-electron chi connectivity index (χ4n) is 2.48. The van der Waals surface area contributed by atoms with Crippen LogP contribution in [0.3, 0.4) is 0 Å². The number of primary amides is 1. The fourth-order valence-corrected chi connectivity index (χ4v) is 3.30. The number of amides is 1. The summed E-state index contributed by atoms with van der Waals surface area (Å²) in [4.78, 5) is 12.4. The first-order valence-corrected chi connectivity index (χ1v) is 8.28. The molecule has 0 saturated carbocycles. The molecule has 0 fully saturated rings. The Morgan fingerprint density at radius 3 is 2.39 bits per heavy atom. The molecule has 0 saturated heterocycles. The SMILES string of the molecule is NC(=O)C[C@@H](NSc1ccc2ccccc2c1)c1ccccc1. The van der Waals surface area contributed by atoms with Gasteiger partial charge in [-0.2, -0.15) is 0 Å². The van der Waals surface area contributed by atoms with Gasteiger partial charge in [-0.15, -0.1) is 0 Å². The van der Waals surface area contributed by atoms with Gasteiger partial charge in [0.15, 0.2) is 0 Å². The first kappa shape index (κ1) is 15.6. The van der Waals surface area contributed by atoms with Crippen molar-refractivity contribution >= 4 is 28.6 Å². The molecule has 3 aromatic rings. The highest BCUT2D eigenvalue weighted by Gasteiger charge is 2.14. The first-order valence-electron chi connectivity index (χ1n) is 7.47. The lowest BCUT2D eigenvalue weighted by Crippen LogP contribution is -2.22. The van der Waals surface area contributed by atoms with Gasteiger partial charge in [0.1, 0.15) is 0 Å². The minimum atomic E-state index is -0.314. The van der Waals surface area contributed by atoms with E-state index in [2.05, 4.69) is 35.1 Å². The van der Waals surface area contributed by atoms with E-state index in [4.69, 9.17) is 5.73 Å². The van der Waals surface area contributed by atoms with Crippen LogP contribution in [0.5, 0.6) is 0 Å². The van der Waals surface area contributed by atoms with Crippen LogP contribution >= 0.6 is 11.9 Å². The lowest BCUT2D eigenvalue weighted by atomic mass is 10.1. The Bertz CT molecular complexity index is 805. The maximum absolute atomic E-state index is 11.3. The molecule has 0 radical (unpaired) electrons. The van der Waals surface area contributed by atoms with Gasteiger partial charge in [-0.1, -0.05) is 60.7 Å². The molecule has 4 heteroatoms. The van der Waals surface area contributed by atoms with E-state index < -0.39 is 0 Å². The highest BCUT2D eigenvalue weighted by atomic mass is 32.2. The van der Waals surface area contributed by atoms with Gasteiger partial charge in [0.05, 0.1) is 6.04 Å². The predicted octanol–water partition coefficient (Wildman–Crippen LogP) is 4.05. The van der Waals surface area contributed by atoms with Crippen LogP contribution in [0.2, 0.25) is 0 Å². The summed E-state index contributed by atoms with van der Waals surface area (Å²) in [6.07, 6.45) is 0.268. The normalized spacial score (nSPS) is 12.2. The number of fused-ring (bicyclic) bond motifs is 1. The van der Waals surface area contributed by atoms with Crippen molar-refractivity contribution in [3.63, 3.8) is 0 Å². The van der Waals surface area contributed by atoms with Gasteiger partial charge in [0, 0.05) is 11.3 Å². The molecule has 0 unspecified atom stereocenters.